The molecule has 0 radical (unpaired) electrons. The molecule has 17 heavy (non-hydrogen) atoms. The van der Waals surface area contributed by atoms with E-state index < -0.39 is 0 Å². The molecule has 1 atom stereocenters. The highest BCUT2D eigenvalue weighted by atomic mass is 32.2. The van der Waals surface area contributed by atoms with Crippen molar-refractivity contribution in [1.29, 1.82) is 0 Å². The molecule has 0 bridgehead atoms. The number of hydrogen-bond acceptors (Lipinski definition) is 3. The quantitative estimate of drug-likeness (QED) is 0.895. The van der Waals surface area contributed by atoms with Crippen LogP contribution in [0.4, 0.5) is 0 Å². The summed E-state index contributed by atoms with van der Waals surface area (Å²) in [5.41, 5.74) is 1.02. The lowest BCUT2D eigenvalue weighted by Crippen LogP contribution is -2.41. The summed E-state index contributed by atoms with van der Waals surface area (Å²) in [5, 5.41) is 8.90. The zero-order valence-corrected chi connectivity index (χ0v) is 11.5. The van der Waals surface area contributed by atoms with Gasteiger partial charge in [0, 0.05) is 25.0 Å². The lowest BCUT2D eigenvalue weighted by molar-refractivity contribution is 0.442. The molecule has 1 N–H and O–H groups in total. The van der Waals surface area contributed by atoms with Gasteiger partial charge in [-0.3, -0.25) is 9.67 Å². The summed E-state index contributed by atoms with van der Waals surface area (Å²) < 4.78 is 1.81. The van der Waals surface area contributed by atoms with E-state index in [-0.39, 0.29) is 0 Å². The molecular formula is C12H20N4S. The van der Waals surface area contributed by atoms with Crippen LogP contribution in [0.3, 0.4) is 0 Å². The summed E-state index contributed by atoms with van der Waals surface area (Å²) in [4.78, 5) is 4.59. The van der Waals surface area contributed by atoms with Crippen LogP contribution in [0.1, 0.15) is 26.0 Å². The minimum absolute atomic E-state index is 0.568. The predicted octanol–water partition coefficient (Wildman–Crippen LogP) is 2.03. The number of thioether (sulfide) groups is 1. The number of amidine groups is 1. The molecule has 1 aromatic heterocycles. The van der Waals surface area contributed by atoms with Gasteiger partial charge in [0.25, 0.3) is 0 Å². The van der Waals surface area contributed by atoms with Crippen LogP contribution in [0.5, 0.6) is 0 Å². The molecule has 0 spiro atoms. The van der Waals surface area contributed by atoms with Crippen LogP contribution >= 0.6 is 11.8 Å². The molecule has 0 aromatic carbocycles. The van der Waals surface area contributed by atoms with E-state index in [0.717, 1.165) is 16.6 Å². The van der Waals surface area contributed by atoms with E-state index in [0.29, 0.717) is 18.5 Å². The average Bonchev–Trinajstić information content (AvgIpc) is 2.73. The van der Waals surface area contributed by atoms with Gasteiger partial charge in [-0.2, -0.15) is 5.10 Å². The fourth-order valence-corrected chi connectivity index (χ4v) is 2.80. The van der Waals surface area contributed by atoms with Gasteiger partial charge >= 0.3 is 0 Å². The molecule has 1 fully saturated rings. The van der Waals surface area contributed by atoms with Crippen molar-refractivity contribution in [3.8, 4) is 0 Å². The van der Waals surface area contributed by atoms with E-state index in [1.54, 1.807) is 0 Å². The molecule has 1 unspecified atom stereocenters. The zero-order valence-electron chi connectivity index (χ0n) is 10.7. The Labute approximate surface area is 107 Å². The van der Waals surface area contributed by atoms with Crippen molar-refractivity contribution in [3.63, 3.8) is 0 Å². The Morgan fingerprint density at radius 1 is 1.65 bits per heavy atom. The van der Waals surface area contributed by atoms with Gasteiger partial charge in [-0.1, -0.05) is 25.6 Å². The Hall–Kier alpha value is -0.970. The lowest BCUT2D eigenvalue weighted by atomic mass is 10.0. The molecule has 1 aromatic rings. The molecule has 1 saturated heterocycles. The van der Waals surface area contributed by atoms with Crippen LogP contribution in [0.15, 0.2) is 17.3 Å². The fraction of sp³-hybridized carbons (Fsp3) is 0.667. The Bertz CT molecular complexity index is 397. The Balaban J connectivity index is 1.93. The molecule has 5 heteroatoms. The van der Waals surface area contributed by atoms with E-state index in [2.05, 4.69) is 29.3 Å². The van der Waals surface area contributed by atoms with Crippen molar-refractivity contribution in [1.82, 2.24) is 15.1 Å². The Kier molecular flexibility index (Phi) is 4.10. The Morgan fingerprint density at radius 3 is 3.12 bits per heavy atom. The molecule has 1 aliphatic rings. The topological polar surface area (TPSA) is 42.2 Å². The summed E-state index contributed by atoms with van der Waals surface area (Å²) in [6.07, 6.45) is 3.18. The summed E-state index contributed by atoms with van der Waals surface area (Å²) in [6, 6.07) is 2.58. The third-order valence-corrected chi connectivity index (χ3v) is 3.89. The van der Waals surface area contributed by atoms with Crippen LogP contribution in [-0.2, 0) is 13.6 Å². The molecule has 0 aliphatic carbocycles. The van der Waals surface area contributed by atoms with Gasteiger partial charge in [-0.15, -0.1) is 0 Å². The number of nitrogens with zero attached hydrogens (tertiary/aromatic N) is 3. The standard InChI is InChI=1S/C12H20N4S/c1-9(2)11-5-7-17-12(14-11)13-8-10-4-6-16(3)15-10/h4,6,9,11H,5,7-8H2,1-3H3,(H,13,14). The monoisotopic (exact) mass is 252 g/mol. The van der Waals surface area contributed by atoms with Crippen molar-refractivity contribution in [2.24, 2.45) is 18.0 Å². The number of aliphatic imine (C=N–C) groups is 1. The number of aromatic nitrogens is 2. The largest absolute Gasteiger partial charge is 0.362 e. The molecule has 94 valence electrons. The van der Waals surface area contributed by atoms with Gasteiger partial charge in [-0.25, -0.2) is 0 Å². The SMILES string of the molecule is CC(C)C1CCSC(=NCc2ccn(C)n2)N1. The first-order valence-electron chi connectivity index (χ1n) is 6.07. The average molecular weight is 252 g/mol. The van der Waals surface area contributed by atoms with Crippen molar-refractivity contribution >= 4 is 16.9 Å². The van der Waals surface area contributed by atoms with Gasteiger partial charge in [0.05, 0.1) is 12.2 Å². The molecule has 2 rings (SSSR count). The smallest absolute Gasteiger partial charge is 0.157 e. The van der Waals surface area contributed by atoms with E-state index in [1.807, 2.05) is 35.8 Å². The highest BCUT2D eigenvalue weighted by Crippen LogP contribution is 2.19. The predicted molar refractivity (Wildman–Crippen MR) is 73.2 cm³/mol. The lowest BCUT2D eigenvalue weighted by Gasteiger charge is -2.28. The van der Waals surface area contributed by atoms with Crippen LogP contribution in [-0.4, -0.2) is 26.7 Å². The second-order valence-electron chi connectivity index (χ2n) is 4.73. The highest BCUT2D eigenvalue weighted by Gasteiger charge is 2.19. The summed E-state index contributed by atoms with van der Waals surface area (Å²) in [5.74, 6) is 1.83. The van der Waals surface area contributed by atoms with E-state index >= 15 is 0 Å². The minimum Gasteiger partial charge on any atom is -0.362 e. The summed E-state index contributed by atoms with van der Waals surface area (Å²) in [6.45, 7) is 5.18. The molecule has 4 nitrogen and oxygen atoms in total. The first-order valence-corrected chi connectivity index (χ1v) is 7.06. The molecular weight excluding hydrogens is 232 g/mol. The minimum atomic E-state index is 0.568. The normalized spacial score (nSPS) is 23.1. The second-order valence-corrected chi connectivity index (χ2v) is 5.82. The van der Waals surface area contributed by atoms with Gasteiger partial charge < -0.3 is 5.32 Å². The van der Waals surface area contributed by atoms with Crippen molar-refractivity contribution in [2.45, 2.75) is 32.9 Å². The third kappa shape index (κ3) is 3.49. The van der Waals surface area contributed by atoms with Crippen LogP contribution < -0.4 is 5.32 Å². The van der Waals surface area contributed by atoms with Crippen LogP contribution in [0.2, 0.25) is 0 Å². The van der Waals surface area contributed by atoms with E-state index in [4.69, 9.17) is 0 Å². The molecule has 2 heterocycles. The van der Waals surface area contributed by atoms with Crippen molar-refractivity contribution in [2.75, 3.05) is 5.75 Å². The van der Waals surface area contributed by atoms with Crippen LogP contribution in [0.25, 0.3) is 0 Å². The first-order chi connectivity index (χ1) is 8.15. The van der Waals surface area contributed by atoms with Crippen molar-refractivity contribution < 1.29 is 0 Å². The first kappa shape index (κ1) is 12.5. The summed E-state index contributed by atoms with van der Waals surface area (Å²) in [7, 11) is 1.93. The number of aryl methyl sites for hydroxylation is 1. The van der Waals surface area contributed by atoms with Crippen LogP contribution in [0, 0.1) is 5.92 Å². The molecule has 1 aliphatic heterocycles. The third-order valence-electron chi connectivity index (χ3n) is 2.93. The zero-order chi connectivity index (χ0) is 12.3. The number of rotatable bonds is 3. The van der Waals surface area contributed by atoms with Crippen molar-refractivity contribution in [3.05, 3.63) is 18.0 Å². The molecule has 0 saturated carbocycles. The maximum absolute atomic E-state index is 4.59. The van der Waals surface area contributed by atoms with E-state index in [9.17, 15) is 0 Å². The second kappa shape index (κ2) is 5.58. The van der Waals surface area contributed by atoms with Gasteiger partial charge in [0.15, 0.2) is 5.17 Å². The molecule has 0 amide bonds. The van der Waals surface area contributed by atoms with Gasteiger partial charge in [0.1, 0.15) is 0 Å². The number of hydrogen-bond donors (Lipinski definition) is 1. The Morgan fingerprint density at radius 2 is 2.47 bits per heavy atom. The van der Waals surface area contributed by atoms with Gasteiger partial charge in [0.2, 0.25) is 0 Å². The fourth-order valence-electron chi connectivity index (χ4n) is 1.85. The highest BCUT2D eigenvalue weighted by molar-refractivity contribution is 8.13. The maximum Gasteiger partial charge on any atom is 0.157 e. The summed E-state index contributed by atoms with van der Waals surface area (Å²) >= 11 is 1.81. The number of nitrogens with one attached hydrogen (secondary N) is 1. The maximum atomic E-state index is 4.59. The van der Waals surface area contributed by atoms with Gasteiger partial charge in [-0.05, 0) is 18.4 Å². The van der Waals surface area contributed by atoms with E-state index in [1.165, 1.54) is 6.42 Å².